The molecule has 2 aromatic heterocycles. The summed E-state index contributed by atoms with van der Waals surface area (Å²) in [7, 11) is 0. The van der Waals surface area contributed by atoms with Crippen LogP contribution in [0.4, 0.5) is 5.95 Å². The van der Waals surface area contributed by atoms with Crippen LogP contribution in [0.15, 0.2) is 48.0 Å². The van der Waals surface area contributed by atoms with E-state index in [1.54, 1.807) is 12.3 Å². The molecule has 0 aliphatic heterocycles. The zero-order chi connectivity index (χ0) is 13.9. The third-order valence-corrected chi connectivity index (χ3v) is 3.77. The number of carboxylic acids is 1. The Balaban J connectivity index is 1.92. The Morgan fingerprint density at radius 1 is 1.25 bits per heavy atom. The topological polar surface area (TPSA) is 75.1 Å². The van der Waals surface area contributed by atoms with E-state index in [1.165, 1.54) is 11.3 Å². The first kappa shape index (κ1) is 12.6. The van der Waals surface area contributed by atoms with Crippen LogP contribution >= 0.6 is 11.3 Å². The fourth-order valence-corrected chi connectivity index (χ4v) is 2.65. The smallest absolute Gasteiger partial charge is 0.331 e. The molecule has 0 radical (unpaired) electrons. The molecule has 1 aromatic carbocycles. The molecule has 6 heteroatoms. The van der Waals surface area contributed by atoms with Crippen molar-refractivity contribution in [2.24, 2.45) is 0 Å². The summed E-state index contributed by atoms with van der Waals surface area (Å²) < 4.78 is 0. The minimum absolute atomic E-state index is 0.310. The van der Waals surface area contributed by atoms with E-state index >= 15 is 0 Å². The minimum Gasteiger partial charge on any atom is -0.479 e. The molecule has 5 nitrogen and oxygen atoms in total. The number of benzene rings is 1. The number of para-hydroxylation sites is 1. The van der Waals surface area contributed by atoms with Crippen molar-refractivity contribution in [1.82, 2.24) is 9.97 Å². The van der Waals surface area contributed by atoms with Crippen LogP contribution in [0, 0.1) is 0 Å². The van der Waals surface area contributed by atoms with E-state index in [4.69, 9.17) is 0 Å². The summed E-state index contributed by atoms with van der Waals surface area (Å²) in [5, 5.41) is 14.9. The Labute approximate surface area is 118 Å². The van der Waals surface area contributed by atoms with Crippen molar-refractivity contribution in [1.29, 1.82) is 0 Å². The van der Waals surface area contributed by atoms with Crippen LogP contribution in [0.25, 0.3) is 10.9 Å². The van der Waals surface area contributed by atoms with Crippen LogP contribution in [0.2, 0.25) is 0 Å². The zero-order valence-electron chi connectivity index (χ0n) is 10.4. The maximum atomic E-state index is 11.4. The van der Waals surface area contributed by atoms with Crippen LogP contribution in [0.3, 0.4) is 0 Å². The number of aromatic nitrogens is 2. The molecule has 0 saturated carbocycles. The molecule has 0 amide bonds. The van der Waals surface area contributed by atoms with Gasteiger partial charge in [0.1, 0.15) is 0 Å². The lowest BCUT2D eigenvalue weighted by molar-refractivity contribution is -0.138. The Morgan fingerprint density at radius 3 is 2.85 bits per heavy atom. The average molecular weight is 285 g/mol. The van der Waals surface area contributed by atoms with Gasteiger partial charge >= 0.3 is 5.97 Å². The number of carbonyl (C=O) groups is 1. The maximum absolute atomic E-state index is 11.4. The summed E-state index contributed by atoms with van der Waals surface area (Å²) in [6.45, 7) is 0. The van der Waals surface area contributed by atoms with Crippen molar-refractivity contribution in [3.8, 4) is 0 Å². The number of carboxylic acid groups (broad SMARTS) is 1. The summed E-state index contributed by atoms with van der Waals surface area (Å²) in [6.07, 6.45) is 1.68. The normalized spacial score (nSPS) is 12.2. The first-order valence-corrected chi connectivity index (χ1v) is 6.86. The third kappa shape index (κ3) is 2.46. The van der Waals surface area contributed by atoms with Crippen molar-refractivity contribution >= 4 is 34.2 Å². The van der Waals surface area contributed by atoms with Gasteiger partial charge in [0.05, 0.1) is 5.52 Å². The highest BCUT2D eigenvalue weighted by atomic mass is 32.1. The molecule has 0 aliphatic rings. The van der Waals surface area contributed by atoms with Gasteiger partial charge in [-0.15, -0.1) is 11.3 Å². The number of aliphatic carboxylic acids is 1. The molecule has 2 N–H and O–H groups in total. The van der Waals surface area contributed by atoms with Crippen molar-refractivity contribution in [3.63, 3.8) is 0 Å². The first-order chi connectivity index (χ1) is 9.74. The van der Waals surface area contributed by atoms with Gasteiger partial charge in [0, 0.05) is 16.5 Å². The van der Waals surface area contributed by atoms with Gasteiger partial charge < -0.3 is 10.4 Å². The highest BCUT2D eigenvalue weighted by molar-refractivity contribution is 7.10. The van der Waals surface area contributed by atoms with Crippen molar-refractivity contribution in [2.75, 3.05) is 5.32 Å². The summed E-state index contributed by atoms with van der Waals surface area (Å²) >= 11 is 1.38. The molecule has 2 heterocycles. The number of rotatable bonds is 4. The predicted octanol–water partition coefficient (Wildman–Crippen LogP) is 2.93. The Kier molecular flexibility index (Phi) is 3.30. The fourth-order valence-electron chi connectivity index (χ4n) is 1.88. The highest BCUT2D eigenvalue weighted by Crippen LogP contribution is 2.23. The van der Waals surface area contributed by atoms with Gasteiger partial charge in [-0.05, 0) is 17.5 Å². The molecule has 100 valence electrons. The van der Waals surface area contributed by atoms with Crippen molar-refractivity contribution in [2.45, 2.75) is 6.04 Å². The number of hydrogen-bond acceptors (Lipinski definition) is 5. The number of nitrogens with zero attached hydrogens (tertiary/aromatic N) is 2. The zero-order valence-corrected chi connectivity index (χ0v) is 11.2. The lowest BCUT2D eigenvalue weighted by Crippen LogP contribution is -2.20. The monoisotopic (exact) mass is 285 g/mol. The SMILES string of the molecule is O=C(O)C(Nc1ncc2ccccc2n1)c1cccs1. The van der Waals surface area contributed by atoms with Gasteiger partial charge in [-0.25, -0.2) is 14.8 Å². The van der Waals surface area contributed by atoms with Gasteiger partial charge in [-0.3, -0.25) is 0 Å². The minimum atomic E-state index is -0.954. The fraction of sp³-hybridized carbons (Fsp3) is 0.0714. The quantitative estimate of drug-likeness (QED) is 0.771. The predicted molar refractivity (Wildman–Crippen MR) is 77.9 cm³/mol. The number of fused-ring (bicyclic) bond motifs is 1. The van der Waals surface area contributed by atoms with Crippen LogP contribution < -0.4 is 5.32 Å². The highest BCUT2D eigenvalue weighted by Gasteiger charge is 2.21. The lowest BCUT2D eigenvalue weighted by atomic mass is 10.2. The van der Waals surface area contributed by atoms with E-state index < -0.39 is 12.0 Å². The summed E-state index contributed by atoms with van der Waals surface area (Å²) in [5.74, 6) is -0.645. The molecular formula is C14H11N3O2S. The second-order valence-corrected chi connectivity index (χ2v) is 5.16. The summed E-state index contributed by atoms with van der Waals surface area (Å²) in [4.78, 5) is 20.6. The summed E-state index contributed by atoms with van der Waals surface area (Å²) in [6, 6.07) is 10.3. The lowest BCUT2D eigenvalue weighted by Gasteiger charge is -2.12. The molecule has 3 aromatic rings. The molecule has 0 aliphatic carbocycles. The number of thiophene rings is 1. The Hall–Kier alpha value is -2.47. The average Bonchev–Trinajstić information content (AvgIpc) is 2.98. The Bertz CT molecular complexity index is 743. The molecule has 0 fully saturated rings. The van der Waals surface area contributed by atoms with Crippen molar-refractivity contribution < 1.29 is 9.90 Å². The van der Waals surface area contributed by atoms with Crippen LogP contribution in [0.5, 0.6) is 0 Å². The Morgan fingerprint density at radius 2 is 2.10 bits per heavy atom. The van der Waals surface area contributed by atoms with E-state index in [1.807, 2.05) is 35.7 Å². The molecule has 3 rings (SSSR count). The molecule has 1 atom stereocenters. The number of hydrogen-bond donors (Lipinski definition) is 2. The van der Waals surface area contributed by atoms with Crippen LogP contribution in [-0.2, 0) is 4.79 Å². The molecule has 20 heavy (non-hydrogen) atoms. The van der Waals surface area contributed by atoms with Crippen LogP contribution in [0.1, 0.15) is 10.9 Å². The molecule has 0 spiro atoms. The number of anilines is 1. The largest absolute Gasteiger partial charge is 0.479 e. The molecule has 0 bridgehead atoms. The van der Waals surface area contributed by atoms with Gasteiger partial charge in [0.25, 0.3) is 0 Å². The second-order valence-electron chi connectivity index (χ2n) is 4.18. The van der Waals surface area contributed by atoms with Crippen molar-refractivity contribution in [3.05, 3.63) is 52.9 Å². The molecule has 1 unspecified atom stereocenters. The van der Waals surface area contributed by atoms with E-state index in [9.17, 15) is 9.90 Å². The van der Waals surface area contributed by atoms with E-state index in [0.717, 1.165) is 10.9 Å². The second kappa shape index (κ2) is 5.26. The van der Waals surface area contributed by atoms with E-state index in [-0.39, 0.29) is 0 Å². The first-order valence-electron chi connectivity index (χ1n) is 5.98. The van der Waals surface area contributed by atoms with Gasteiger partial charge in [0.2, 0.25) is 5.95 Å². The standard InChI is InChI=1S/C14H11N3O2S/c18-13(19)12(11-6-3-7-20-11)17-14-15-8-9-4-1-2-5-10(9)16-14/h1-8,12H,(H,18,19)(H,15,16,17). The summed E-state index contributed by atoms with van der Waals surface area (Å²) in [5.41, 5.74) is 0.778. The third-order valence-electron chi connectivity index (χ3n) is 2.84. The van der Waals surface area contributed by atoms with Gasteiger partial charge in [0.15, 0.2) is 6.04 Å². The molecular weight excluding hydrogens is 274 g/mol. The van der Waals surface area contributed by atoms with Crippen LogP contribution in [-0.4, -0.2) is 21.0 Å². The van der Waals surface area contributed by atoms with E-state index in [0.29, 0.717) is 10.8 Å². The maximum Gasteiger partial charge on any atom is 0.331 e. The number of nitrogens with one attached hydrogen (secondary N) is 1. The van der Waals surface area contributed by atoms with Gasteiger partial charge in [-0.2, -0.15) is 0 Å². The molecule has 0 saturated heterocycles. The van der Waals surface area contributed by atoms with Gasteiger partial charge in [-0.1, -0.05) is 24.3 Å². The van der Waals surface area contributed by atoms with E-state index in [2.05, 4.69) is 15.3 Å².